The van der Waals surface area contributed by atoms with E-state index in [9.17, 15) is 24.5 Å². The van der Waals surface area contributed by atoms with E-state index in [1.165, 1.54) is 0 Å². The van der Waals surface area contributed by atoms with Crippen LogP contribution in [0.4, 0.5) is 0 Å². The summed E-state index contributed by atoms with van der Waals surface area (Å²) in [6, 6.07) is 5.69. The predicted molar refractivity (Wildman–Crippen MR) is 105 cm³/mol. The largest absolute Gasteiger partial charge is 0.457 e. The van der Waals surface area contributed by atoms with Gasteiger partial charge in [-0.1, -0.05) is 32.0 Å². The van der Waals surface area contributed by atoms with Crippen LogP contribution in [0.5, 0.6) is 0 Å². The Morgan fingerprint density at radius 3 is 2.79 bits per heavy atom. The third kappa shape index (κ3) is 4.36. The molecule has 0 bridgehead atoms. The van der Waals surface area contributed by atoms with E-state index in [1.54, 1.807) is 13.1 Å². The molecule has 0 radical (unpaired) electrons. The molecule has 8 nitrogen and oxygen atoms in total. The first-order valence-electron chi connectivity index (χ1n) is 9.74. The number of ether oxygens (including phenoxy) is 1. The zero-order valence-electron chi connectivity index (χ0n) is 16.5. The minimum absolute atomic E-state index is 0.147. The number of aromatic amines is 1. The number of esters is 1. The van der Waals surface area contributed by atoms with Crippen molar-refractivity contribution in [2.24, 2.45) is 17.8 Å². The van der Waals surface area contributed by atoms with Gasteiger partial charge in [0.2, 0.25) is 12.3 Å². The Kier molecular flexibility index (Phi) is 6.10. The molecule has 154 valence electrons. The number of ketones is 2. The lowest BCUT2D eigenvalue weighted by molar-refractivity contribution is -0.490. The van der Waals surface area contributed by atoms with E-state index < -0.39 is 29.3 Å². The van der Waals surface area contributed by atoms with Gasteiger partial charge in [0.15, 0.2) is 6.61 Å². The first-order chi connectivity index (χ1) is 13.8. The highest BCUT2D eigenvalue weighted by Gasteiger charge is 2.44. The number of nitro groups is 1. The average Bonchev–Trinajstić information content (AvgIpc) is 3.22. The summed E-state index contributed by atoms with van der Waals surface area (Å²) in [5.74, 6) is -2.54. The van der Waals surface area contributed by atoms with Crippen LogP contribution in [0.1, 0.15) is 42.6 Å². The first kappa shape index (κ1) is 20.7. The number of benzene rings is 1. The van der Waals surface area contributed by atoms with Gasteiger partial charge in [-0.2, -0.15) is 0 Å². The number of carbonyl (C=O) groups excluding carboxylic acids is 3. The summed E-state index contributed by atoms with van der Waals surface area (Å²) in [5.41, 5.74) is 2.42. The fraction of sp³-hybridized carbons (Fsp3) is 0.476. The third-order valence-corrected chi connectivity index (χ3v) is 5.78. The molecule has 1 saturated carbocycles. The maximum atomic E-state index is 12.5. The van der Waals surface area contributed by atoms with Gasteiger partial charge in [0.25, 0.3) is 0 Å². The molecule has 29 heavy (non-hydrogen) atoms. The van der Waals surface area contributed by atoms with Gasteiger partial charge < -0.3 is 9.72 Å². The van der Waals surface area contributed by atoms with Gasteiger partial charge in [-0.3, -0.25) is 24.5 Å². The molecular weight excluding hydrogens is 376 g/mol. The Morgan fingerprint density at radius 2 is 2.10 bits per heavy atom. The average molecular weight is 400 g/mol. The number of nitrogens with zero attached hydrogens (tertiary/aromatic N) is 1. The summed E-state index contributed by atoms with van der Waals surface area (Å²) in [6.45, 7) is 3.02. The summed E-state index contributed by atoms with van der Waals surface area (Å²) in [7, 11) is 0. The number of rotatable bonds is 8. The van der Waals surface area contributed by atoms with Crippen molar-refractivity contribution >= 4 is 28.4 Å². The standard InChI is InChI=1S/C21H24N2O6/c1-3-13-5-4-6-14-16(9-22-21(13)14)19(25)11-29-20(26)8-15-17(10-23(27)28)12(2)7-18(15)24/h4-6,9,12,15,17,22H,3,7-8,10-11H2,1-2H3/t12-,15-,17+/m1/s1. The second kappa shape index (κ2) is 8.55. The highest BCUT2D eigenvalue weighted by Crippen LogP contribution is 2.36. The van der Waals surface area contributed by atoms with E-state index in [0.717, 1.165) is 22.9 Å². The van der Waals surface area contributed by atoms with Gasteiger partial charge in [-0.15, -0.1) is 0 Å². The van der Waals surface area contributed by atoms with Crippen LogP contribution in [0, 0.1) is 27.9 Å². The molecule has 8 heteroatoms. The minimum Gasteiger partial charge on any atom is -0.457 e. The van der Waals surface area contributed by atoms with Gasteiger partial charge in [0.1, 0.15) is 5.78 Å². The summed E-state index contributed by atoms with van der Waals surface area (Å²) >= 11 is 0. The van der Waals surface area contributed by atoms with Crippen LogP contribution < -0.4 is 0 Å². The van der Waals surface area contributed by atoms with E-state index in [0.29, 0.717) is 5.56 Å². The zero-order chi connectivity index (χ0) is 21.1. The lowest BCUT2D eigenvalue weighted by atomic mass is 9.88. The van der Waals surface area contributed by atoms with Crippen LogP contribution in [-0.2, 0) is 20.7 Å². The van der Waals surface area contributed by atoms with Crippen molar-refractivity contribution in [1.29, 1.82) is 0 Å². The van der Waals surface area contributed by atoms with Gasteiger partial charge in [0.05, 0.1) is 6.42 Å². The fourth-order valence-corrected chi connectivity index (χ4v) is 4.20. The number of carbonyl (C=O) groups is 3. The quantitative estimate of drug-likeness (QED) is 0.315. The SMILES string of the molecule is CCc1cccc2c(C(=O)COC(=O)C[C@H]3C(=O)C[C@@H](C)[C@@H]3C[N+](=O)[O-])c[nH]c12. The van der Waals surface area contributed by atoms with Crippen molar-refractivity contribution in [2.75, 3.05) is 13.2 Å². The number of para-hydroxylation sites is 1. The molecule has 1 aromatic carbocycles. The molecule has 1 aromatic heterocycles. The van der Waals surface area contributed by atoms with Gasteiger partial charge in [-0.25, -0.2) is 0 Å². The molecule has 1 N–H and O–H groups in total. The maximum Gasteiger partial charge on any atom is 0.306 e. The summed E-state index contributed by atoms with van der Waals surface area (Å²) < 4.78 is 5.11. The molecule has 1 aliphatic rings. The van der Waals surface area contributed by atoms with E-state index in [-0.39, 0.29) is 36.9 Å². The minimum atomic E-state index is -0.724. The van der Waals surface area contributed by atoms with Crippen molar-refractivity contribution in [1.82, 2.24) is 4.98 Å². The molecular formula is C21H24N2O6. The van der Waals surface area contributed by atoms with Gasteiger partial charge in [0, 0.05) is 45.8 Å². The highest BCUT2D eigenvalue weighted by atomic mass is 16.6. The Labute approximate surface area is 167 Å². The van der Waals surface area contributed by atoms with E-state index in [1.807, 2.05) is 25.1 Å². The van der Waals surface area contributed by atoms with Crippen LogP contribution in [-0.4, -0.2) is 40.6 Å². The van der Waals surface area contributed by atoms with Crippen molar-refractivity contribution < 1.29 is 24.0 Å². The Hall–Kier alpha value is -3.03. The topological polar surface area (TPSA) is 119 Å². The monoisotopic (exact) mass is 400 g/mol. The third-order valence-electron chi connectivity index (χ3n) is 5.78. The number of fused-ring (bicyclic) bond motifs is 1. The number of nitrogens with one attached hydrogen (secondary N) is 1. The lowest BCUT2D eigenvalue weighted by Crippen LogP contribution is -2.28. The molecule has 0 aliphatic heterocycles. The molecule has 1 heterocycles. The smallest absolute Gasteiger partial charge is 0.306 e. The highest BCUT2D eigenvalue weighted by molar-refractivity contribution is 6.09. The van der Waals surface area contributed by atoms with Crippen molar-refractivity contribution in [3.05, 3.63) is 45.6 Å². The molecule has 0 saturated heterocycles. The summed E-state index contributed by atoms with van der Waals surface area (Å²) in [6.07, 6.45) is 2.42. The zero-order valence-corrected chi connectivity index (χ0v) is 16.5. The normalized spacial score (nSPS) is 21.4. The van der Waals surface area contributed by atoms with Gasteiger partial charge in [-0.05, 0) is 17.9 Å². The molecule has 0 amide bonds. The van der Waals surface area contributed by atoms with Crippen LogP contribution in [0.3, 0.4) is 0 Å². The van der Waals surface area contributed by atoms with Crippen molar-refractivity contribution in [2.45, 2.75) is 33.1 Å². The van der Waals surface area contributed by atoms with E-state index >= 15 is 0 Å². The molecule has 1 fully saturated rings. The Balaban J connectivity index is 1.63. The van der Waals surface area contributed by atoms with Crippen molar-refractivity contribution in [3.63, 3.8) is 0 Å². The van der Waals surface area contributed by atoms with Crippen LogP contribution >= 0.6 is 0 Å². The lowest BCUT2D eigenvalue weighted by Gasteiger charge is -2.16. The second-order valence-electron chi connectivity index (χ2n) is 7.62. The second-order valence-corrected chi connectivity index (χ2v) is 7.62. The molecule has 2 aromatic rings. The number of Topliss-reactive ketones (excluding diaryl/α,β-unsaturated/α-hetero) is 2. The van der Waals surface area contributed by atoms with Crippen LogP contribution in [0.25, 0.3) is 10.9 Å². The molecule has 3 rings (SSSR count). The van der Waals surface area contributed by atoms with Crippen LogP contribution in [0.15, 0.2) is 24.4 Å². The number of aromatic nitrogens is 1. The number of hydrogen-bond donors (Lipinski definition) is 1. The number of H-pyrrole nitrogens is 1. The van der Waals surface area contributed by atoms with Crippen LogP contribution in [0.2, 0.25) is 0 Å². The van der Waals surface area contributed by atoms with E-state index in [4.69, 9.17) is 4.74 Å². The maximum absolute atomic E-state index is 12.5. The van der Waals surface area contributed by atoms with Gasteiger partial charge >= 0.3 is 5.97 Å². The molecule has 0 spiro atoms. The molecule has 3 atom stereocenters. The Bertz CT molecular complexity index is 963. The number of hydrogen-bond acceptors (Lipinski definition) is 6. The van der Waals surface area contributed by atoms with E-state index in [2.05, 4.69) is 4.98 Å². The summed E-state index contributed by atoms with van der Waals surface area (Å²) in [5, 5.41) is 11.6. The number of aryl methyl sites for hydroxylation is 1. The molecule has 0 unspecified atom stereocenters. The predicted octanol–water partition coefficient (Wildman–Crippen LogP) is 2.96. The first-order valence-corrected chi connectivity index (χ1v) is 9.74. The summed E-state index contributed by atoms with van der Waals surface area (Å²) in [4.78, 5) is 50.4. The fourth-order valence-electron chi connectivity index (χ4n) is 4.20. The van der Waals surface area contributed by atoms with Crippen molar-refractivity contribution in [3.8, 4) is 0 Å². The molecule has 1 aliphatic carbocycles. The Morgan fingerprint density at radius 1 is 1.34 bits per heavy atom.